The van der Waals surface area contributed by atoms with Crippen molar-refractivity contribution in [2.75, 3.05) is 0 Å². The van der Waals surface area contributed by atoms with E-state index in [0.29, 0.717) is 0 Å². The van der Waals surface area contributed by atoms with Gasteiger partial charge in [0.1, 0.15) is 5.83 Å². The normalized spacial score (nSPS) is 14.4. The Bertz CT molecular complexity index is 277. The monoisotopic (exact) mass is 165 g/mol. The van der Waals surface area contributed by atoms with Gasteiger partial charge in [-0.3, -0.25) is 0 Å². The predicted octanol–water partition coefficient (Wildman–Crippen LogP) is 3.28. The van der Waals surface area contributed by atoms with Crippen LogP contribution >= 0.6 is 0 Å². The van der Waals surface area contributed by atoms with E-state index >= 15 is 0 Å². The summed E-state index contributed by atoms with van der Waals surface area (Å²) in [6.45, 7) is 5.09. The van der Waals surface area contributed by atoms with Gasteiger partial charge in [-0.1, -0.05) is 12.2 Å². The van der Waals surface area contributed by atoms with Crippen molar-refractivity contribution in [3.63, 3.8) is 0 Å². The van der Waals surface area contributed by atoms with Crippen LogP contribution in [0, 0.1) is 11.3 Å². The molecule has 0 aromatic rings. The Labute approximate surface area is 72.5 Å². The second-order valence-corrected chi connectivity index (χ2v) is 2.47. The third-order valence-corrected chi connectivity index (χ3v) is 1.31. The van der Waals surface area contributed by atoms with Crippen LogP contribution in [0.2, 0.25) is 0 Å². The summed E-state index contributed by atoms with van der Waals surface area (Å²) in [5.41, 5.74) is 0.906. The van der Waals surface area contributed by atoms with E-state index < -0.39 is 5.83 Å². The largest absolute Gasteiger partial charge is 0.206 e. The number of allylic oxidation sites excluding steroid dienone is 6. The van der Waals surface area contributed by atoms with Gasteiger partial charge in [0.15, 0.2) is 0 Å². The van der Waals surface area contributed by atoms with Crippen LogP contribution in [-0.2, 0) is 0 Å². The molecule has 0 aliphatic carbocycles. The van der Waals surface area contributed by atoms with E-state index in [2.05, 4.69) is 0 Å². The highest BCUT2D eigenvalue weighted by Gasteiger charge is 1.95. The molecule has 0 spiro atoms. The molecule has 0 radical (unpaired) electrons. The Morgan fingerprint density at radius 1 is 1.42 bits per heavy atom. The molecule has 0 saturated heterocycles. The molecule has 0 aromatic heterocycles. The van der Waals surface area contributed by atoms with E-state index in [1.54, 1.807) is 19.1 Å². The zero-order valence-electron chi connectivity index (χ0n) is 7.56. The summed E-state index contributed by atoms with van der Waals surface area (Å²) in [4.78, 5) is 0. The van der Waals surface area contributed by atoms with Gasteiger partial charge in [0.05, 0.1) is 11.6 Å². The second-order valence-electron chi connectivity index (χ2n) is 2.47. The zero-order valence-corrected chi connectivity index (χ0v) is 7.56. The Morgan fingerprint density at radius 3 is 2.42 bits per heavy atom. The lowest BCUT2D eigenvalue weighted by molar-refractivity contribution is 0.657. The number of hydrogen-bond donors (Lipinski definition) is 0. The number of nitriles is 1. The molecule has 12 heavy (non-hydrogen) atoms. The minimum atomic E-state index is -0.465. The first-order chi connectivity index (χ1) is 5.61. The van der Waals surface area contributed by atoms with E-state index in [-0.39, 0.29) is 5.57 Å². The third-order valence-electron chi connectivity index (χ3n) is 1.31. The zero-order chi connectivity index (χ0) is 9.56. The van der Waals surface area contributed by atoms with Crippen molar-refractivity contribution in [2.45, 2.75) is 20.8 Å². The molecule has 1 nitrogen and oxygen atoms in total. The van der Waals surface area contributed by atoms with Gasteiger partial charge < -0.3 is 0 Å². The SMILES string of the molecule is C\C=C/C(C)=C\C(F)=C(/C)C#N. The molecular formula is C10H12FN. The summed E-state index contributed by atoms with van der Waals surface area (Å²) in [6.07, 6.45) is 4.95. The highest BCUT2D eigenvalue weighted by molar-refractivity contribution is 5.33. The Balaban J connectivity index is 4.67. The van der Waals surface area contributed by atoms with Gasteiger partial charge in [0.2, 0.25) is 0 Å². The maximum absolute atomic E-state index is 12.9. The van der Waals surface area contributed by atoms with Crippen LogP contribution in [0.3, 0.4) is 0 Å². The predicted molar refractivity (Wildman–Crippen MR) is 48.0 cm³/mol. The fraction of sp³-hybridized carbons (Fsp3) is 0.300. The molecule has 0 saturated carbocycles. The molecule has 0 aliphatic heterocycles. The van der Waals surface area contributed by atoms with E-state index in [4.69, 9.17) is 5.26 Å². The molecule has 0 rings (SSSR count). The Morgan fingerprint density at radius 2 is 2.00 bits per heavy atom. The van der Waals surface area contributed by atoms with Crippen molar-refractivity contribution in [3.05, 3.63) is 35.2 Å². The highest BCUT2D eigenvalue weighted by atomic mass is 19.1. The first-order valence-electron chi connectivity index (χ1n) is 3.69. The molecule has 0 aliphatic rings. The smallest absolute Gasteiger partial charge is 0.136 e. The van der Waals surface area contributed by atoms with Crippen LogP contribution in [-0.4, -0.2) is 0 Å². The Kier molecular flexibility index (Phi) is 4.71. The standard InChI is InChI=1S/C10H12FN/c1-4-5-8(2)6-10(11)9(3)7-12/h4-6H,1-3H3/b5-4-,8-6-,10-9-. The average molecular weight is 165 g/mol. The lowest BCUT2D eigenvalue weighted by atomic mass is 10.2. The van der Waals surface area contributed by atoms with Crippen LogP contribution in [0.25, 0.3) is 0 Å². The summed E-state index contributed by atoms with van der Waals surface area (Å²) in [5.74, 6) is -0.465. The van der Waals surface area contributed by atoms with Crippen molar-refractivity contribution in [3.8, 4) is 6.07 Å². The van der Waals surface area contributed by atoms with Crippen molar-refractivity contribution in [2.24, 2.45) is 0 Å². The molecule has 0 bridgehead atoms. The molecule has 0 aromatic carbocycles. The van der Waals surface area contributed by atoms with E-state index in [0.717, 1.165) is 5.57 Å². The lowest BCUT2D eigenvalue weighted by Crippen LogP contribution is -1.76. The van der Waals surface area contributed by atoms with Crippen molar-refractivity contribution in [1.82, 2.24) is 0 Å². The third kappa shape index (κ3) is 3.72. The molecule has 2 heteroatoms. The van der Waals surface area contributed by atoms with Gasteiger partial charge in [-0.2, -0.15) is 5.26 Å². The molecule has 0 heterocycles. The van der Waals surface area contributed by atoms with E-state index in [9.17, 15) is 4.39 Å². The summed E-state index contributed by atoms with van der Waals surface area (Å²) in [6, 6.07) is 1.75. The average Bonchev–Trinajstić information content (AvgIpc) is 2.03. The first-order valence-corrected chi connectivity index (χ1v) is 3.69. The van der Waals surface area contributed by atoms with E-state index in [1.807, 2.05) is 13.0 Å². The lowest BCUT2D eigenvalue weighted by Gasteiger charge is -1.91. The molecular weight excluding hydrogens is 153 g/mol. The van der Waals surface area contributed by atoms with Crippen LogP contribution < -0.4 is 0 Å². The second kappa shape index (κ2) is 5.31. The molecule has 64 valence electrons. The van der Waals surface area contributed by atoms with Gasteiger partial charge in [-0.25, -0.2) is 4.39 Å². The van der Waals surface area contributed by atoms with Crippen molar-refractivity contribution < 1.29 is 4.39 Å². The molecule has 0 atom stereocenters. The molecule has 0 N–H and O–H groups in total. The van der Waals surface area contributed by atoms with Crippen LogP contribution in [0.5, 0.6) is 0 Å². The number of halogens is 1. The summed E-state index contributed by atoms with van der Waals surface area (Å²) >= 11 is 0. The summed E-state index contributed by atoms with van der Waals surface area (Å²) < 4.78 is 12.9. The van der Waals surface area contributed by atoms with Crippen molar-refractivity contribution in [1.29, 1.82) is 5.26 Å². The van der Waals surface area contributed by atoms with Gasteiger partial charge >= 0.3 is 0 Å². The molecule has 0 unspecified atom stereocenters. The fourth-order valence-electron chi connectivity index (χ4n) is 0.673. The Hall–Kier alpha value is -1.36. The number of hydrogen-bond acceptors (Lipinski definition) is 1. The van der Waals surface area contributed by atoms with Gasteiger partial charge in [-0.05, 0) is 32.4 Å². The molecule has 0 amide bonds. The minimum absolute atomic E-state index is 0.110. The van der Waals surface area contributed by atoms with Gasteiger partial charge in [-0.15, -0.1) is 0 Å². The maximum atomic E-state index is 12.9. The quantitative estimate of drug-likeness (QED) is 0.455. The van der Waals surface area contributed by atoms with Crippen LogP contribution in [0.1, 0.15) is 20.8 Å². The van der Waals surface area contributed by atoms with E-state index in [1.165, 1.54) is 13.0 Å². The minimum Gasteiger partial charge on any atom is -0.206 e. The number of rotatable bonds is 2. The maximum Gasteiger partial charge on any atom is 0.136 e. The highest BCUT2D eigenvalue weighted by Crippen LogP contribution is 2.09. The first kappa shape index (κ1) is 10.6. The molecule has 0 fully saturated rings. The topological polar surface area (TPSA) is 23.8 Å². The summed E-state index contributed by atoms with van der Waals surface area (Å²) in [7, 11) is 0. The number of nitrogens with zero attached hydrogens (tertiary/aromatic N) is 1. The van der Waals surface area contributed by atoms with Crippen molar-refractivity contribution >= 4 is 0 Å². The van der Waals surface area contributed by atoms with Crippen LogP contribution in [0.4, 0.5) is 4.39 Å². The van der Waals surface area contributed by atoms with Gasteiger partial charge in [0.25, 0.3) is 0 Å². The summed E-state index contributed by atoms with van der Waals surface area (Å²) in [5, 5.41) is 8.35. The van der Waals surface area contributed by atoms with Gasteiger partial charge in [0, 0.05) is 0 Å². The fourth-order valence-corrected chi connectivity index (χ4v) is 0.673. The van der Waals surface area contributed by atoms with Crippen LogP contribution in [0.15, 0.2) is 35.2 Å².